The van der Waals surface area contributed by atoms with E-state index in [1.807, 2.05) is 54.9 Å². The summed E-state index contributed by atoms with van der Waals surface area (Å²) in [5, 5.41) is 7.60. The molecular weight excluding hydrogens is 286 g/mol. The first-order valence-electron chi connectivity index (χ1n) is 8.17. The summed E-state index contributed by atoms with van der Waals surface area (Å²) in [4.78, 5) is 12.0. The topological polar surface area (TPSA) is 46.9 Å². The Balaban J connectivity index is 2.19. The van der Waals surface area contributed by atoms with E-state index in [0.29, 0.717) is 0 Å². The maximum atomic E-state index is 12.0. The van der Waals surface area contributed by atoms with Gasteiger partial charge in [-0.2, -0.15) is 5.10 Å². The van der Waals surface area contributed by atoms with Crippen molar-refractivity contribution < 1.29 is 4.79 Å². The van der Waals surface area contributed by atoms with Gasteiger partial charge in [0.2, 0.25) is 5.91 Å². The lowest BCUT2D eigenvalue weighted by Gasteiger charge is -2.12. The summed E-state index contributed by atoms with van der Waals surface area (Å²) >= 11 is 0. The van der Waals surface area contributed by atoms with Gasteiger partial charge in [0.25, 0.3) is 0 Å². The Labute approximate surface area is 138 Å². The van der Waals surface area contributed by atoms with Crippen molar-refractivity contribution in [3.8, 4) is 5.69 Å². The van der Waals surface area contributed by atoms with Gasteiger partial charge in [-0.05, 0) is 44.9 Å². The SMILES string of the molecule is CCC(CC)NC(=O)/C=C/c1c(C)nn(-c2ccccc2)c1C. The number of carbonyl (C=O) groups excluding carboxylic acids is 1. The molecule has 0 unspecified atom stereocenters. The molecule has 122 valence electrons. The quantitative estimate of drug-likeness (QED) is 0.825. The number of aryl methyl sites for hydroxylation is 1. The zero-order valence-corrected chi connectivity index (χ0v) is 14.3. The number of carbonyl (C=O) groups is 1. The molecule has 0 bridgehead atoms. The van der Waals surface area contributed by atoms with Crippen molar-refractivity contribution in [2.75, 3.05) is 0 Å². The number of para-hydroxylation sites is 1. The molecule has 1 N–H and O–H groups in total. The minimum atomic E-state index is -0.0510. The van der Waals surface area contributed by atoms with Crippen LogP contribution in [0.2, 0.25) is 0 Å². The molecule has 0 aliphatic rings. The third-order valence-electron chi connectivity index (χ3n) is 4.08. The van der Waals surface area contributed by atoms with Gasteiger partial charge >= 0.3 is 0 Å². The van der Waals surface area contributed by atoms with Crippen LogP contribution in [0.1, 0.15) is 43.6 Å². The summed E-state index contributed by atoms with van der Waals surface area (Å²) in [6, 6.07) is 10.2. The molecule has 0 saturated carbocycles. The van der Waals surface area contributed by atoms with Crippen LogP contribution in [-0.2, 0) is 4.79 Å². The van der Waals surface area contributed by atoms with Gasteiger partial charge in [-0.15, -0.1) is 0 Å². The number of nitrogens with one attached hydrogen (secondary N) is 1. The molecule has 1 amide bonds. The van der Waals surface area contributed by atoms with Crippen molar-refractivity contribution in [1.29, 1.82) is 0 Å². The summed E-state index contributed by atoms with van der Waals surface area (Å²) in [6.45, 7) is 8.14. The predicted molar refractivity (Wildman–Crippen MR) is 94.6 cm³/mol. The van der Waals surface area contributed by atoms with E-state index in [0.717, 1.165) is 35.5 Å². The van der Waals surface area contributed by atoms with E-state index in [2.05, 4.69) is 24.3 Å². The molecule has 0 radical (unpaired) electrons. The van der Waals surface area contributed by atoms with E-state index in [9.17, 15) is 4.79 Å². The second-order valence-electron chi connectivity index (χ2n) is 5.69. The molecule has 23 heavy (non-hydrogen) atoms. The van der Waals surface area contributed by atoms with Crippen molar-refractivity contribution in [2.45, 2.75) is 46.6 Å². The highest BCUT2D eigenvalue weighted by Crippen LogP contribution is 2.19. The number of benzene rings is 1. The maximum absolute atomic E-state index is 12.0. The Kier molecular flexibility index (Phi) is 5.74. The lowest BCUT2D eigenvalue weighted by molar-refractivity contribution is -0.117. The molecule has 2 aromatic rings. The van der Waals surface area contributed by atoms with Gasteiger partial charge in [0, 0.05) is 23.4 Å². The van der Waals surface area contributed by atoms with Crippen LogP contribution in [0.4, 0.5) is 0 Å². The highest BCUT2D eigenvalue weighted by atomic mass is 16.1. The molecule has 0 fully saturated rings. The predicted octanol–water partition coefficient (Wildman–Crippen LogP) is 3.81. The van der Waals surface area contributed by atoms with Gasteiger partial charge in [-0.25, -0.2) is 4.68 Å². The highest BCUT2D eigenvalue weighted by Gasteiger charge is 2.11. The number of nitrogens with zero attached hydrogens (tertiary/aromatic N) is 2. The molecule has 1 heterocycles. The normalized spacial score (nSPS) is 11.3. The first-order chi connectivity index (χ1) is 11.1. The van der Waals surface area contributed by atoms with Gasteiger partial charge in [0.15, 0.2) is 0 Å². The van der Waals surface area contributed by atoms with E-state index < -0.39 is 0 Å². The van der Waals surface area contributed by atoms with Crippen LogP contribution >= 0.6 is 0 Å². The van der Waals surface area contributed by atoms with E-state index in [-0.39, 0.29) is 11.9 Å². The average molecular weight is 311 g/mol. The summed E-state index contributed by atoms with van der Waals surface area (Å²) in [6.07, 6.45) is 5.35. The fourth-order valence-corrected chi connectivity index (χ4v) is 2.62. The fourth-order valence-electron chi connectivity index (χ4n) is 2.62. The molecule has 4 nitrogen and oxygen atoms in total. The minimum absolute atomic E-state index is 0.0510. The van der Waals surface area contributed by atoms with Crippen LogP contribution in [0.15, 0.2) is 36.4 Å². The standard InChI is InChI=1S/C19H25N3O/c1-5-16(6-2)20-19(23)13-12-18-14(3)21-22(15(18)4)17-10-8-7-9-11-17/h7-13,16H,5-6H2,1-4H3,(H,20,23)/b13-12+. The molecule has 0 aliphatic heterocycles. The highest BCUT2D eigenvalue weighted by molar-refractivity contribution is 5.92. The van der Waals surface area contributed by atoms with Gasteiger partial charge in [-0.1, -0.05) is 32.0 Å². The molecule has 4 heteroatoms. The van der Waals surface area contributed by atoms with E-state index in [1.54, 1.807) is 6.08 Å². The molecule has 2 rings (SSSR count). The van der Waals surface area contributed by atoms with Gasteiger partial charge in [0.1, 0.15) is 0 Å². The first-order valence-corrected chi connectivity index (χ1v) is 8.17. The van der Waals surface area contributed by atoms with Gasteiger partial charge in [0.05, 0.1) is 11.4 Å². The van der Waals surface area contributed by atoms with Crippen molar-refractivity contribution >= 4 is 12.0 Å². The van der Waals surface area contributed by atoms with Crippen LogP contribution in [0.25, 0.3) is 11.8 Å². The molecule has 0 aliphatic carbocycles. The minimum Gasteiger partial charge on any atom is -0.350 e. The average Bonchev–Trinajstić information content (AvgIpc) is 2.86. The second-order valence-corrected chi connectivity index (χ2v) is 5.69. The number of hydrogen-bond acceptors (Lipinski definition) is 2. The number of rotatable bonds is 6. The Morgan fingerprint density at radius 2 is 1.87 bits per heavy atom. The Hall–Kier alpha value is -2.36. The third kappa shape index (κ3) is 4.09. The maximum Gasteiger partial charge on any atom is 0.244 e. The zero-order chi connectivity index (χ0) is 16.8. The molecule has 1 aromatic carbocycles. The summed E-state index contributed by atoms with van der Waals surface area (Å²) < 4.78 is 1.91. The zero-order valence-electron chi connectivity index (χ0n) is 14.3. The molecule has 1 aromatic heterocycles. The van der Waals surface area contributed by atoms with Gasteiger partial charge < -0.3 is 5.32 Å². The van der Waals surface area contributed by atoms with Crippen molar-refractivity contribution in [1.82, 2.24) is 15.1 Å². The van der Waals surface area contributed by atoms with E-state index in [4.69, 9.17) is 0 Å². The van der Waals surface area contributed by atoms with E-state index in [1.165, 1.54) is 0 Å². The molecule has 0 spiro atoms. The Morgan fingerprint density at radius 3 is 2.48 bits per heavy atom. The van der Waals surface area contributed by atoms with Crippen LogP contribution < -0.4 is 5.32 Å². The molecular formula is C19H25N3O. The van der Waals surface area contributed by atoms with Crippen LogP contribution in [0, 0.1) is 13.8 Å². The van der Waals surface area contributed by atoms with Crippen molar-refractivity contribution in [2.24, 2.45) is 0 Å². The monoisotopic (exact) mass is 311 g/mol. The van der Waals surface area contributed by atoms with Gasteiger partial charge in [-0.3, -0.25) is 4.79 Å². The van der Waals surface area contributed by atoms with Crippen molar-refractivity contribution in [3.05, 3.63) is 53.4 Å². The molecule has 0 saturated heterocycles. The Morgan fingerprint density at radius 1 is 1.22 bits per heavy atom. The third-order valence-corrected chi connectivity index (χ3v) is 4.08. The summed E-state index contributed by atoms with van der Waals surface area (Å²) in [5.74, 6) is -0.0510. The van der Waals surface area contributed by atoms with E-state index >= 15 is 0 Å². The summed E-state index contributed by atoms with van der Waals surface area (Å²) in [7, 11) is 0. The molecule has 0 atom stereocenters. The first kappa shape index (κ1) is 17.0. The lowest BCUT2D eigenvalue weighted by atomic mass is 10.1. The van der Waals surface area contributed by atoms with Crippen LogP contribution in [0.5, 0.6) is 0 Å². The smallest absolute Gasteiger partial charge is 0.244 e. The lowest BCUT2D eigenvalue weighted by Crippen LogP contribution is -2.32. The van der Waals surface area contributed by atoms with Crippen molar-refractivity contribution in [3.63, 3.8) is 0 Å². The second kappa shape index (κ2) is 7.77. The number of aromatic nitrogens is 2. The number of amides is 1. The largest absolute Gasteiger partial charge is 0.350 e. The number of hydrogen-bond donors (Lipinski definition) is 1. The fraction of sp³-hybridized carbons (Fsp3) is 0.368. The van der Waals surface area contributed by atoms with Crippen LogP contribution in [0.3, 0.4) is 0 Å². The summed E-state index contributed by atoms with van der Waals surface area (Å²) in [5.41, 5.74) is 3.96. The van der Waals surface area contributed by atoms with Crippen LogP contribution in [-0.4, -0.2) is 21.7 Å². The Bertz CT molecular complexity index is 682.